The largest absolute Gasteiger partial charge is 0.462 e. The Hall–Kier alpha value is -1.59. The van der Waals surface area contributed by atoms with Gasteiger partial charge in [0.2, 0.25) is 0 Å². The Kier molecular flexibility index (Phi) is 31.6. The molecule has 0 aliphatic heterocycles. The molecule has 1 unspecified atom stereocenters. The summed E-state index contributed by atoms with van der Waals surface area (Å²) in [6.45, 7) is 8.87. The van der Waals surface area contributed by atoms with Crippen LogP contribution in [0.1, 0.15) is 201 Å². The first-order valence-corrected chi connectivity index (χ1v) is 18.9. The van der Waals surface area contributed by atoms with Crippen LogP contribution in [0.25, 0.3) is 0 Å². The molecule has 0 aliphatic rings. The lowest BCUT2D eigenvalue weighted by atomic mass is 10.00. The molecule has 6 heteroatoms. The molecule has 0 radical (unpaired) electrons. The fourth-order valence-corrected chi connectivity index (χ4v) is 5.36. The van der Waals surface area contributed by atoms with Gasteiger partial charge >= 0.3 is 17.9 Å². The van der Waals surface area contributed by atoms with E-state index in [2.05, 4.69) is 27.7 Å². The zero-order valence-corrected chi connectivity index (χ0v) is 29.6. The lowest BCUT2D eigenvalue weighted by Gasteiger charge is -2.18. The van der Waals surface area contributed by atoms with Crippen molar-refractivity contribution in [3.05, 3.63) is 0 Å². The average molecular weight is 625 g/mol. The minimum Gasteiger partial charge on any atom is -0.462 e. The maximum Gasteiger partial charge on any atom is 0.306 e. The second-order valence-electron chi connectivity index (χ2n) is 13.1. The van der Waals surface area contributed by atoms with Gasteiger partial charge in [-0.25, -0.2) is 0 Å². The van der Waals surface area contributed by atoms with Crippen LogP contribution in [0, 0.1) is 5.92 Å². The first kappa shape index (κ1) is 42.4. The third-order valence-corrected chi connectivity index (χ3v) is 8.65. The van der Waals surface area contributed by atoms with Gasteiger partial charge in [0.15, 0.2) is 6.10 Å². The van der Waals surface area contributed by atoms with Crippen molar-refractivity contribution < 1.29 is 28.6 Å². The summed E-state index contributed by atoms with van der Waals surface area (Å²) >= 11 is 0. The van der Waals surface area contributed by atoms with Gasteiger partial charge in [-0.3, -0.25) is 14.4 Å². The molecule has 0 fully saturated rings. The molecule has 44 heavy (non-hydrogen) atoms. The van der Waals surface area contributed by atoms with Crippen molar-refractivity contribution in [1.29, 1.82) is 0 Å². The van der Waals surface area contributed by atoms with E-state index in [0.717, 1.165) is 63.7 Å². The molecule has 0 N–H and O–H groups in total. The van der Waals surface area contributed by atoms with Gasteiger partial charge in [-0.1, -0.05) is 163 Å². The Morgan fingerprint density at radius 2 is 0.795 bits per heavy atom. The van der Waals surface area contributed by atoms with Crippen molar-refractivity contribution >= 4 is 17.9 Å². The van der Waals surface area contributed by atoms with Crippen LogP contribution in [0.15, 0.2) is 0 Å². The number of hydrogen-bond acceptors (Lipinski definition) is 6. The molecule has 0 aromatic heterocycles. The van der Waals surface area contributed by atoms with Crippen molar-refractivity contribution in [1.82, 2.24) is 0 Å². The number of esters is 3. The zero-order valence-electron chi connectivity index (χ0n) is 29.6. The van der Waals surface area contributed by atoms with Gasteiger partial charge in [-0.2, -0.15) is 0 Å². The summed E-state index contributed by atoms with van der Waals surface area (Å²) in [5, 5.41) is 0. The first-order valence-electron chi connectivity index (χ1n) is 18.9. The van der Waals surface area contributed by atoms with Gasteiger partial charge in [-0.15, -0.1) is 0 Å². The SMILES string of the molecule is CCCCCCCCCCCC(=O)OC[C@@H](COC(=O)CCCCCCCCC(C)CC)OC(=O)CCCCCCCCC. The normalized spacial score (nSPS) is 12.5. The van der Waals surface area contributed by atoms with Crippen LogP contribution in [0.2, 0.25) is 0 Å². The number of rotatable bonds is 33. The standard InChI is InChI=1S/C38H72O6/c1-5-8-10-12-14-15-17-21-25-29-36(39)42-32-35(44-38(41)31-27-23-16-13-11-9-6-2)33-43-37(40)30-26-22-19-18-20-24-28-34(4)7-3/h34-35H,5-33H2,1-4H3/t34?,35-/m0/s1. The molecule has 0 heterocycles. The smallest absolute Gasteiger partial charge is 0.306 e. The third-order valence-electron chi connectivity index (χ3n) is 8.65. The molecule has 260 valence electrons. The third kappa shape index (κ3) is 30.4. The van der Waals surface area contributed by atoms with Crippen molar-refractivity contribution in [3.8, 4) is 0 Å². The van der Waals surface area contributed by atoms with E-state index in [1.165, 1.54) is 96.3 Å². The van der Waals surface area contributed by atoms with Gasteiger partial charge in [0.25, 0.3) is 0 Å². The molecule has 0 aliphatic carbocycles. The van der Waals surface area contributed by atoms with Crippen LogP contribution in [0.3, 0.4) is 0 Å². The van der Waals surface area contributed by atoms with E-state index >= 15 is 0 Å². The highest BCUT2D eigenvalue weighted by Gasteiger charge is 2.19. The first-order chi connectivity index (χ1) is 21.4. The summed E-state index contributed by atoms with van der Waals surface area (Å²) in [5.74, 6) is -0.0631. The fraction of sp³-hybridized carbons (Fsp3) is 0.921. The highest BCUT2D eigenvalue weighted by atomic mass is 16.6. The van der Waals surface area contributed by atoms with Crippen molar-refractivity contribution in [2.45, 2.75) is 207 Å². The summed E-state index contributed by atoms with van der Waals surface area (Å²) in [5.41, 5.74) is 0. The molecule has 0 amide bonds. The summed E-state index contributed by atoms with van der Waals surface area (Å²) in [4.78, 5) is 37.2. The van der Waals surface area contributed by atoms with Crippen LogP contribution in [0.5, 0.6) is 0 Å². The predicted molar refractivity (Wildman–Crippen MR) is 183 cm³/mol. The number of carbonyl (C=O) groups is 3. The highest BCUT2D eigenvalue weighted by molar-refractivity contribution is 5.71. The van der Waals surface area contributed by atoms with E-state index in [1.54, 1.807) is 0 Å². The van der Waals surface area contributed by atoms with Crippen LogP contribution in [0.4, 0.5) is 0 Å². The van der Waals surface area contributed by atoms with Crippen molar-refractivity contribution in [2.75, 3.05) is 13.2 Å². The van der Waals surface area contributed by atoms with Crippen LogP contribution in [-0.4, -0.2) is 37.2 Å². The quantitative estimate of drug-likeness (QED) is 0.0410. The fourth-order valence-electron chi connectivity index (χ4n) is 5.36. The molecular weight excluding hydrogens is 552 g/mol. The molecule has 6 nitrogen and oxygen atoms in total. The topological polar surface area (TPSA) is 78.9 Å². The van der Waals surface area contributed by atoms with Crippen LogP contribution in [-0.2, 0) is 28.6 Å². The Morgan fingerprint density at radius 3 is 1.18 bits per heavy atom. The Balaban J connectivity index is 4.34. The maximum atomic E-state index is 12.5. The summed E-state index contributed by atoms with van der Waals surface area (Å²) in [6.07, 6.45) is 28.1. The minimum absolute atomic E-state index is 0.0665. The predicted octanol–water partition coefficient (Wildman–Crippen LogP) is 11.2. The Labute approximate surface area is 272 Å². The number of hydrogen-bond donors (Lipinski definition) is 0. The van der Waals surface area contributed by atoms with Gasteiger partial charge in [-0.05, 0) is 25.2 Å². The zero-order chi connectivity index (χ0) is 32.5. The van der Waals surface area contributed by atoms with E-state index < -0.39 is 6.10 Å². The lowest BCUT2D eigenvalue weighted by molar-refractivity contribution is -0.167. The summed E-state index contributed by atoms with van der Waals surface area (Å²) < 4.78 is 16.5. The van der Waals surface area contributed by atoms with Crippen LogP contribution < -0.4 is 0 Å². The average Bonchev–Trinajstić information content (AvgIpc) is 3.02. The molecule has 0 bridgehead atoms. The molecular formula is C38H72O6. The van der Waals surface area contributed by atoms with Crippen molar-refractivity contribution in [3.63, 3.8) is 0 Å². The minimum atomic E-state index is -0.756. The highest BCUT2D eigenvalue weighted by Crippen LogP contribution is 2.15. The maximum absolute atomic E-state index is 12.5. The van der Waals surface area contributed by atoms with E-state index in [-0.39, 0.29) is 31.1 Å². The number of carbonyl (C=O) groups excluding carboxylic acids is 3. The second kappa shape index (κ2) is 32.8. The molecule has 0 aromatic carbocycles. The van der Waals surface area contributed by atoms with Gasteiger partial charge in [0.05, 0.1) is 0 Å². The Morgan fingerprint density at radius 1 is 0.455 bits per heavy atom. The van der Waals surface area contributed by atoms with E-state index in [4.69, 9.17) is 14.2 Å². The Bertz CT molecular complexity index is 664. The second-order valence-corrected chi connectivity index (χ2v) is 13.1. The van der Waals surface area contributed by atoms with Gasteiger partial charge in [0.1, 0.15) is 13.2 Å². The molecule has 0 saturated carbocycles. The molecule has 0 saturated heterocycles. The molecule has 2 atom stereocenters. The molecule has 0 spiro atoms. The van der Waals surface area contributed by atoms with Crippen LogP contribution >= 0.6 is 0 Å². The van der Waals surface area contributed by atoms with E-state index in [0.29, 0.717) is 19.3 Å². The molecule has 0 aromatic rings. The summed E-state index contributed by atoms with van der Waals surface area (Å²) in [6, 6.07) is 0. The van der Waals surface area contributed by atoms with E-state index in [1.807, 2.05) is 0 Å². The van der Waals surface area contributed by atoms with E-state index in [9.17, 15) is 14.4 Å². The molecule has 0 rings (SSSR count). The number of ether oxygens (including phenoxy) is 3. The monoisotopic (exact) mass is 625 g/mol. The van der Waals surface area contributed by atoms with Gasteiger partial charge < -0.3 is 14.2 Å². The lowest BCUT2D eigenvalue weighted by Crippen LogP contribution is -2.30. The summed E-state index contributed by atoms with van der Waals surface area (Å²) in [7, 11) is 0. The van der Waals surface area contributed by atoms with Crippen molar-refractivity contribution in [2.24, 2.45) is 5.92 Å². The van der Waals surface area contributed by atoms with Gasteiger partial charge in [0, 0.05) is 19.3 Å². The number of unbranched alkanes of at least 4 members (excludes halogenated alkanes) is 19.